The predicted molar refractivity (Wildman–Crippen MR) is 62.9 cm³/mol. The van der Waals surface area contributed by atoms with Crippen molar-refractivity contribution in [2.24, 2.45) is 0 Å². The molecule has 0 saturated heterocycles. The Morgan fingerprint density at radius 2 is 2.38 bits per heavy atom. The summed E-state index contributed by atoms with van der Waals surface area (Å²) in [5.74, 6) is -0.264. The first-order valence-corrected chi connectivity index (χ1v) is 5.27. The number of carbonyl (C=O) groups is 1. The fourth-order valence-corrected chi connectivity index (χ4v) is 1.42. The summed E-state index contributed by atoms with van der Waals surface area (Å²) in [7, 11) is 0. The number of alkyl halides is 1. The Morgan fingerprint density at radius 1 is 1.50 bits per heavy atom. The van der Waals surface area contributed by atoms with E-state index in [9.17, 15) is 4.79 Å². The van der Waals surface area contributed by atoms with Gasteiger partial charge in [0.05, 0.1) is 6.33 Å². The van der Waals surface area contributed by atoms with Crippen LogP contribution in [0.5, 0.6) is 0 Å². The van der Waals surface area contributed by atoms with Gasteiger partial charge < -0.3 is 9.88 Å². The maximum atomic E-state index is 11.1. The van der Waals surface area contributed by atoms with E-state index >= 15 is 0 Å². The number of aromatic nitrogens is 2. The van der Waals surface area contributed by atoms with Crippen molar-refractivity contribution in [2.75, 3.05) is 11.2 Å². The van der Waals surface area contributed by atoms with Gasteiger partial charge in [0.25, 0.3) is 0 Å². The van der Waals surface area contributed by atoms with Crippen molar-refractivity contribution >= 4 is 23.2 Å². The molecule has 2 aromatic rings. The molecular weight excluding hydrogens is 226 g/mol. The molecule has 1 N–H and O–H groups in total. The van der Waals surface area contributed by atoms with Crippen LogP contribution in [0.1, 0.15) is 0 Å². The van der Waals surface area contributed by atoms with E-state index in [-0.39, 0.29) is 11.8 Å². The van der Waals surface area contributed by atoms with Gasteiger partial charge in [-0.1, -0.05) is 6.07 Å². The molecule has 16 heavy (non-hydrogen) atoms. The molecule has 2 rings (SSSR count). The molecule has 0 aliphatic carbocycles. The number of hydrogen-bond acceptors (Lipinski definition) is 2. The second kappa shape index (κ2) is 4.81. The van der Waals surface area contributed by atoms with E-state index in [1.54, 1.807) is 12.5 Å². The molecular formula is C11H10ClN3O. The Labute approximate surface area is 97.9 Å². The highest BCUT2D eigenvalue weighted by Crippen LogP contribution is 2.14. The molecule has 4 nitrogen and oxygen atoms in total. The molecule has 1 aromatic heterocycles. The Morgan fingerprint density at radius 3 is 3.06 bits per heavy atom. The molecule has 0 aliphatic heterocycles. The number of imidazole rings is 1. The Hall–Kier alpha value is -1.81. The van der Waals surface area contributed by atoms with E-state index in [1.807, 2.05) is 35.0 Å². The quantitative estimate of drug-likeness (QED) is 0.828. The van der Waals surface area contributed by atoms with Crippen molar-refractivity contribution in [3.05, 3.63) is 43.0 Å². The summed E-state index contributed by atoms with van der Waals surface area (Å²) in [6, 6.07) is 7.45. The van der Waals surface area contributed by atoms with Crippen LogP contribution in [0.4, 0.5) is 5.69 Å². The third-order valence-electron chi connectivity index (χ3n) is 2.05. The van der Waals surface area contributed by atoms with Gasteiger partial charge in [-0.3, -0.25) is 4.79 Å². The fraction of sp³-hybridized carbons (Fsp3) is 0.0909. The van der Waals surface area contributed by atoms with Gasteiger partial charge in [-0.25, -0.2) is 4.98 Å². The average molecular weight is 236 g/mol. The van der Waals surface area contributed by atoms with Gasteiger partial charge >= 0.3 is 0 Å². The first kappa shape index (κ1) is 10.7. The smallest absolute Gasteiger partial charge is 0.239 e. The van der Waals surface area contributed by atoms with Gasteiger partial charge in [0.15, 0.2) is 0 Å². The van der Waals surface area contributed by atoms with Crippen LogP contribution in [0.15, 0.2) is 43.0 Å². The number of carbonyl (C=O) groups excluding carboxylic acids is 1. The number of nitrogens with zero attached hydrogens (tertiary/aromatic N) is 2. The van der Waals surface area contributed by atoms with Crippen molar-refractivity contribution in [1.29, 1.82) is 0 Å². The first-order valence-electron chi connectivity index (χ1n) is 4.74. The average Bonchev–Trinajstić information content (AvgIpc) is 2.83. The van der Waals surface area contributed by atoms with Gasteiger partial charge in [-0.05, 0) is 18.2 Å². The highest BCUT2D eigenvalue weighted by atomic mass is 35.5. The zero-order valence-corrected chi connectivity index (χ0v) is 9.19. The lowest BCUT2D eigenvalue weighted by Gasteiger charge is -2.06. The molecule has 0 fully saturated rings. The van der Waals surface area contributed by atoms with E-state index in [4.69, 9.17) is 11.6 Å². The Bertz CT molecular complexity index is 482. The van der Waals surface area contributed by atoms with Gasteiger partial charge in [0.1, 0.15) is 5.88 Å². The van der Waals surface area contributed by atoms with Gasteiger partial charge in [-0.2, -0.15) is 0 Å². The van der Waals surface area contributed by atoms with Gasteiger partial charge in [-0.15, -0.1) is 11.6 Å². The lowest BCUT2D eigenvalue weighted by molar-refractivity contribution is -0.113. The van der Waals surface area contributed by atoms with E-state index in [1.165, 1.54) is 0 Å². The Kier molecular flexibility index (Phi) is 3.22. The maximum Gasteiger partial charge on any atom is 0.239 e. The van der Waals surface area contributed by atoms with Crippen molar-refractivity contribution in [3.63, 3.8) is 0 Å². The number of nitrogens with one attached hydrogen (secondary N) is 1. The number of amides is 1. The number of benzene rings is 1. The van der Waals surface area contributed by atoms with Crippen LogP contribution in [0.2, 0.25) is 0 Å². The van der Waals surface area contributed by atoms with Crippen molar-refractivity contribution in [3.8, 4) is 5.69 Å². The molecule has 0 radical (unpaired) electrons. The molecule has 1 aromatic carbocycles. The summed E-state index contributed by atoms with van der Waals surface area (Å²) < 4.78 is 1.86. The maximum absolute atomic E-state index is 11.1. The molecule has 82 valence electrons. The van der Waals surface area contributed by atoms with Crippen LogP contribution >= 0.6 is 11.6 Å². The van der Waals surface area contributed by atoms with Crippen LogP contribution in [0.25, 0.3) is 5.69 Å². The van der Waals surface area contributed by atoms with E-state index < -0.39 is 0 Å². The van der Waals surface area contributed by atoms with Crippen molar-refractivity contribution in [2.45, 2.75) is 0 Å². The van der Waals surface area contributed by atoms with Crippen LogP contribution in [0.3, 0.4) is 0 Å². The molecule has 0 aliphatic rings. The first-order chi connectivity index (χ1) is 7.79. The zero-order valence-electron chi connectivity index (χ0n) is 8.43. The van der Waals surface area contributed by atoms with Crippen LogP contribution in [-0.2, 0) is 4.79 Å². The summed E-state index contributed by atoms with van der Waals surface area (Å²) in [4.78, 5) is 15.1. The highest BCUT2D eigenvalue weighted by molar-refractivity contribution is 6.29. The molecule has 1 heterocycles. The van der Waals surface area contributed by atoms with E-state index in [0.29, 0.717) is 0 Å². The van der Waals surface area contributed by atoms with Crippen LogP contribution in [-0.4, -0.2) is 21.3 Å². The number of rotatable bonds is 3. The largest absolute Gasteiger partial charge is 0.325 e. The topological polar surface area (TPSA) is 46.9 Å². The third-order valence-corrected chi connectivity index (χ3v) is 2.30. The minimum atomic E-state index is -0.218. The predicted octanol–water partition coefficient (Wildman–Crippen LogP) is 2.05. The molecule has 0 spiro atoms. The van der Waals surface area contributed by atoms with E-state index in [0.717, 1.165) is 11.4 Å². The van der Waals surface area contributed by atoms with Crippen LogP contribution < -0.4 is 5.32 Å². The van der Waals surface area contributed by atoms with Gasteiger partial charge in [0.2, 0.25) is 5.91 Å². The monoisotopic (exact) mass is 235 g/mol. The van der Waals surface area contributed by atoms with Crippen molar-refractivity contribution in [1.82, 2.24) is 9.55 Å². The Balaban J connectivity index is 2.23. The second-order valence-corrected chi connectivity index (χ2v) is 3.47. The number of halogens is 1. The normalized spacial score (nSPS) is 10.1. The molecule has 0 bridgehead atoms. The molecule has 0 saturated carbocycles. The second-order valence-electron chi connectivity index (χ2n) is 3.20. The fourth-order valence-electron chi connectivity index (χ4n) is 1.35. The number of hydrogen-bond donors (Lipinski definition) is 1. The summed E-state index contributed by atoms with van der Waals surface area (Å²) in [6.45, 7) is 0. The third kappa shape index (κ3) is 2.41. The summed E-state index contributed by atoms with van der Waals surface area (Å²) in [5, 5.41) is 2.69. The molecule has 0 unspecified atom stereocenters. The van der Waals surface area contributed by atoms with Crippen LogP contribution in [0, 0.1) is 0 Å². The van der Waals surface area contributed by atoms with E-state index in [2.05, 4.69) is 10.3 Å². The minimum Gasteiger partial charge on any atom is -0.325 e. The lowest BCUT2D eigenvalue weighted by atomic mass is 10.2. The molecule has 1 amide bonds. The SMILES string of the molecule is O=C(CCl)Nc1cccc(-n2ccnc2)c1. The van der Waals surface area contributed by atoms with Gasteiger partial charge in [0, 0.05) is 23.8 Å². The summed E-state index contributed by atoms with van der Waals surface area (Å²) >= 11 is 5.41. The molecule has 5 heteroatoms. The zero-order chi connectivity index (χ0) is 11.4. The molecule has 0 atom stereocenters. The van der Waals surface area contributed by atoms with Crippen molar-refractivity contribution < 1.29 is 4.79 Å². The summed E-state index contributed by atoms with van der Waals surface area (Å²) in [6.07, 6.45) is 5.23. The summed E-state index contributed by atoms with van der Waals surface area (Å²) in [5.41, 5.74) is 1.65. The highest BCUT2D eigenvalue weighted by Gasteiger charge is 2.01. The standard InChI is InChI=1S/C11H10ClN3O/c12-7-11(16)14-9-2-1-3-10(6-9)15-5-4-13-8-15/h1-6,8H,7H2,(H,14,16). The lowest BCUT2D eigenvalue weighted by Crippen LogP contribution is -2.12. The minimum absolute atomic E-state index is 0.0463. The number of anilines is 1.